The summed E-state index contributed by atoms with van der Waals surface area (Å²) in [5, 5.41) is 17.9. The van der Waals surface area contributed by atoms with Crippen LogP contribution in [0, 0.1) is 6.92 Å². The summed E-state index contributed by atoms with van der Waals surface area (Å²) in [5.74, 6) is 0.240. The molecule has 0 unspecified atom stereocenters. The molecule has 0 spiro atoms. The molecule has 1 aliphatic carbocycles. The summed E-state index contributed by atoms with van der Waals surface area (Å²) < 4.78 is 0. The molecule has 0 aliphatic heterocycles. The van der Waals surface area contributed by atoms with Gasteiger partial charge in [-0.15, -0.1) is 0 Å². The zero-order valence-electron chi connectivity index (χ0n) is 10.6. The fourth-order valence-electron chi connectivity index (χ4n) is 1.81. The number of nitrogens with zero attached hydrogens (tertiary/aromatic N) is 2. The van der Waals surface area contributed by atoms with E-state index in [1.165, 1.54) is 12.8 Å². The Morgan fingerprint density at radius 3 is 2.78 bits per heavy atom. The van der Waals surface area contributed by atoms with Crippen molar-refractivity contribution in [1.29, 1.82) is 0 Å². The summed E-state index contributed by atoms with van der Waals surface area (Å²) in [7, 11) is 2.00. The fraction of sp³-hybridized carbons (Fsp3) is 0.462. The number of hydrogen-bond donors (Lipinski definition) is 2. The molecule has 0 aromatic heterocycles. The van der Waals surface area contributed by atoms with Crippen molar-refractivity contribution in [3.05, 3.63) is 23.3 Å². The van der Waals surface area contributed by atoms with E-state index in [0.29, 0.717) is 11.6 Å². The minimum absolute atomic E-state index is 0.178. The van der Waals surface area contributed by atoms with Gasteiger partial charge in [-0.05, 0) is 31.4 Å². The predicted molar refractivity (Wildman–Crippen MR) is 69.3 cm³/mol. The quantitative estimate of drug-likeness (QED) is 0.363. The first-order valence-electron chi connectivity index (χ1n) is 5.97. The Balaban J connectivity index is 2.21. The summed E-state index contributed by atoms with van der Waals surface area (Å²) in [6.45, 7) is 1.73. The fourth-order valence-corrected chi connectivity index (χ4v) is 1.81. The lowest BCUT2D eigenvalue weighted by molar-refractivity contribution is -0.138. The van der Waals surface area contributed by atoms with Crippen molar-refractivity contribution in [2.24, 2.45) is 4.99 Å². The first-order valence-corrected chi connectivity index (χ1v) is 5.97. The van der Waals surface area contributed by atoms with Gasteiger partial charge in [0.1, 0.15) is 0 Å². The second-order valence-corrected chi connectivity index (χ2v) is 4.64. The maximum atomic E-state index is 9.13. The Kier molecular flexibility index (Phi) is 3.84. The van der Waals surface area contributed by atoms with Gasteiger partial charge < -0.3 is 14.9 Å². The van der Waals surface area contributed by atoms with Gasteiger partial charge in [0.15, 0.2) is 5.75 Å². The molecule has 0 saturated heterocycles. The smallest absolute Gasteiger partial charge is 0.172 e. The highest BCUT2D eigenvalue weighted by Crippen LogP contribution is 2.29. The molecule has 1 aromatic carbocycles. The summed E-state index contributed by atoms with van der Waals surface area (Å²) in [4.78, 5) is 10.7. The van der Waals surface area contributed by atoms with Crippen LogP contribution in [0.15, 0.2) is 17.1 Å². The van der Waals surface area contributed by atoms with Crippen molar-refractivity contribution in [2.45, 2.75) is 32.4 Å². The van der Waals surface area contributed by atoms with Crippen molar-refractivity contribution in [3.63, 3.8) is 0 Å². The van der Waals surface area contributed by atoms with Crippen molar-refractivity contribution in [1.82, 2.24) is 4.90 Å². The van der Waals surface area contributed by atoms with Crippen LogP contribution < -0.4 is 4.89 Å². The Morgan fingerprint density at radius 2 is 2.22 bits per heavy atom. The molecule has 1 aromatic rings. The third-order valence-electron chi connectivity index (χ3n) is 3.15. The van der Waals surface area contributed by atoms with Crippen LogP contribution in [0.2, 0.25) is 0 Å². The van der Waals surface area contributed by atoms with Crippen LogP contribution in [0.25, 0.3) is 0 Å². The Labute approximate surface area is 106 Å². The normalized spacial score (nSPS) is 15.1. The number of aryl methyl sites for hydroxylation is 1. The van der Waals surface area contributed by atoms with Crippen LogP contribution in [0.5, 0.6) is 5.75 Å². The van der Waals surface area contributed by atoms with Crippen LogP contribution in [0.4, 0.5) is 5.69 Å². The molecule has 0 bridgehead atoms. The van der Waals surface area contributed by atoms with Gasteiger partial charge in [0, 0.05) is 24.7 Å². The average molecular weight is 250 g/mol. The number of rotatable bonds is 5. The van der Waals surface area contributed by atoms with E-state index in [-0.39, 0.29) is 12.4 Å². The molecule has 2 N–H and O–H groups in total. The lowest BCUT2D eigenvalue weighted by Gasteiger charge is -2.12. The van der Waals surface area contributed by atoms with Gasteiger partial charge in [0.05, 0.1) is 18.6 Å². The molecule has 1 aliphatic rings. The highest BCUT2D eigenvalue weighted by molar-refractivity contribution is 5.65. The highest BCUT2D eigenvalue weighted by atomic mass is 17.1. The lowest BCUT2D eigenvalue weighted by Crippen LogP contribution is -2.17. The van der Waals surface area contributed by atoms with E-state index in [1.54, 1.807) is 18.5 Å². The van der Waals surface area contributed by atoms with Gasteiger partial charge in [0.25, 0.3) is 0 Å². The second kappa shape index (κ2) is 5.37. The molecule has 1 fully saturated rings. The number of aliphatic imine (C=N–C) groups is 1. The first-order chi connectivity index (χ1) is 8.65. The molecule has 0 heterocycles. The Hall–Kier alpha value is -1.59. The van der Waals surface area contributed by atoms with Crippen LogP contribution in [-0.2, 0) is 6.61 Å². The van der Waals surface area contributed by atoms with E-state index < -0.39 is 0 Å². The molecule has 0 atom stereocenters. The van der Waals surface area contributed by atoms with E-state index in [0.717, 1.165) is 11.3 Å². The van der Waals surface area contributed by atoms with Gasteiger partial charge in [-0.1, -0.05) is 0 Å². The maximum Gasteiger partial charge on any atom is 0.172 e. The van der Waals surface area contributed by atoms with E-state index in [2.05, 4.69) is 14.8 Å². The van der Waals surface area contributed by atoms with E-state index in [9.17, 15) is 0 Å². The van der Waals surface area contributed by atoms with E-state index >= 15 is 0 Å². The topological polar surface area (TPSA) is 65.3 Å². The molecule has 98 valence electrons. The average Bonchev–Trinajstić information content (AvgIpc) is 3.20. The standard InChI is InChI=1S/C13H18N2O3/c1-9-5-10(7-16)13(18-17)6-12(9)14-8-15(2)11-3-4-11/h5-6,8,11,16-17H,3-4,7H2,1-2H3. The van der Waals surface area contributed by atoms with Crippen LogP contribution >= 0.6 is 0 Å². The number of aliphatic hydroxyl groups is 1. The SMILES string of the molecule is Cc1cc(CO)c(OO)cc1N=CN(C)C1CC1. The van der Waals surface area contributed by atoms with Crippen LogP contribution in [0.1, 0.15) is 24.0 Å². The van der Waals surface area contributed by atoms with Gasteiger partial charge in [0.2, 0.25) is 0 Å². The zero-order valence-corrected chi connectivity index (χ0v) is 10.6. The lowest BCUT2D eigenvalue weighted by atomic mass is 10.1. The minimum atomic E-state index is -0.178. The molecule has 0 radical (unpaired) electrons. The van der Waals surface area contributed by atoms with Crippen molar-refractivity contribution < 1.29 is 15.3 Å². The van der Waals surface area contributed by atoms with Crippen LogP contribution in [0.3, 0.4) is 0 Å². The molecule has 5 nitrogen and oxygen atoms in total. The first kappa shape index (κ1) is 12.9. The minimum Gasteiger partial charge on any atom is -0.392 e. The number of benzene rings is 1. The van der Waals surface area contributed by atoms with Crippen LogP contribution in [-0.4, -0.2) is 34.7 Å². The van der Waals surface area contributed by atoms with Gasteiger partial charge in [-0.25, -0.2) is 10.2 Å². The molecule has 0 amide bonds. The van der Waals surface area contributed by atoms with E-state index in [1.807, 2.05) is 14.0 Å². The summed E-state index contributed by atoms with van der Waals surface area (Å²) in [6.07, 6.45) is 4.23. The molecule has 1 saturated carbocycles. The highest BCUT2D eigenvalue weighted by Gasteiger charge is 2.24. The molecule has 5 heteroatoms. The molecule has 2 rings (SSSR count). The zero-order chi connectivity index (χ0) is 13.1. The third-order valence-corrected chi connectivity index (χ3v) is 3.15. The van der Waals surface area contributed by atoms with Crippen molar-refractivity contribution in [2.75, 3.05) is 7.05 Å². The van der Waals surface area contributed by atoms with Crippen molar-refractivity contribution in [3.8, 4) is 5.75 Å². The van der Waals surface area contributed by atoms with Gasteiger partial charge >= 0.3 is 0 Å². The molecular formula is C13H18N2O3. The Morgan fingerprint density at radius 1 is 1.50 bits per heavy atom. The number of aliphatic hydroxyl groups excluding tert-OH is 1. The van der Waals surface area contributed by atoms with E-state index in [4.69, 9.17) is 10.4 Å². The largest absolute Gasteiger partial charge is 0.392 e. The number of hydrogen-bond acceptors (Lipinski definition) is 4. The predicted octanol–water partition coefficient (Wildman–Crippen LogP) is 2.09. The summed E-state index contributed by atoms with van der Waals surface area (Å²) in [5.41, 5.74) is 2.20. The van der Waals surface area contributed by atoms with Gasteiger partial charge in [-0.3, -0.25) is 0 Å². The molecular weight excluding hydrogens is 232 g/mol. The van der Waals surface area contributed by atoms with Gasteiger partial charge in [-0.2, -0.15) is 0 Å². The second-order valence-electron chi connectivity index (χ2n) is 4.64. The maximum absolute atomic E-state index is 9.13. The van der Waals surface area contributed by atoms with Crippen molar-refractivity contribution >= 4 is 12.0 Å². The monoisotopic (exact) mass is 250 g/mol. The Bertz CT molecular complexity index is 456. The molecule has 18 heavy (non-hydrogen) atoms. The summed E-state index contributed by atoms with van der Waals surface area (Å²) in [6, 6.07) is 3.99. The summed E-state index contributed by atoms with van der Waals surface area (Å²) >= 11 is 0. The third kappa shape index (κ3) is 2.80.